The lowest BCUT2D eigenvalue weighted by molar-refractivity contribution is -0.121. The lowest BCUT2D eigenvalue weighted by Gasteiger charge is -2.36. The van der Waals surface area contributed by atoms with Crippen LogP contribution in [0.5, 0.6) is 0 Å². The van der Waals surface area contributed by atoms with Crippen LogP contribution in [0.15, 0.2) is 24.3 Å². The van der Waals surface area contributed by atoms with Gasteiger partial charge in [0, 0.05) is 30.6 Å². The minimum absolute atomic E-state index is 0.137. The van der Waals surface area contributed by atoms with Crippen molar-refractivity contribution in [1.29, 1.82) is 0 Å². The summed E-state index contributed by atoms with van der Waals surface area (Å²) in [5.41, 5.74) is 1.26. The van der Waals surface area contributed by atoms with Crippen molar-refractivity contribution in [3.63, 3.8) is 0 Å². The third-order valence-electron chi connectivity index (χ3n) is 3.98. The Hall–Kier alpha value is -1.06. The highest BCUT2D eigenvalue weighted by molar-refractivity contribution is 6.31. The quantitative estimate of drug-likeness (QED) is 0.811. The van der Waals surface area contributed by atoms with Crippen LogP contribution in [-0.2, 0) is 4.79 Å². The van der Waals surface area contributed by atoms with E-state index >= 15 is 0 Å². The van der Waals surface area contributed by atoms with Crippen molar-refractivity contribution in [2.45, 2.75) is 45.1 Å². The molecule has 1 fully saturated rings. The number of rotatable bonds is 7. The van der Waals surface area contributed by atoms with Crippen LogP contribution in [0, 0.1) is 5.92 Å². The highest BCUT2D eigenvalue weighted by Crippen LogP contribution is 2.39. The molecule has 1 aromatic carbocycles. The summed E-state index contributed by atoms with van der Waals surface area (Å²) in [5.74, 6) is 1.20. The maximum absolute atomic E-state index is 11.6. The van der Waals surface area contributed by atoms with E-state index in [-0.39, 0.29) is 5.91 Å². The van der Waals surface area contributed by atoms with Crippen LogP contribution < -0.4 is 10.6 Å². The van der Waals surface area contributed by atoms with E-state index in [4.69, 9.17) is 11.6 Å². The lowest BCUT2D eigenvalue weighted by atomic mass is 9.76. The molecule has 1 saturated carbocycles. The summed E-state index contributed by atoms with van der Waals surface area (Å²) in [4.78, 5) is 11.6. The molecule has 4 heteroatoms. The van der Waals surface area contributed by atoms with Gasteiger partial charge in [0.05, 0.1) is 0 Å². The van der Waals surface area contributed by atoms with Gasteiger partial charge in [0.25, 0.3) is 0 Å². The van der Waals surface area contributed by atoms with Gasteiger partial charge in [-0.25, -0.2) is 0 Å². The van der Waals surface area contributed by atoms with Gasteiger partial charge in [-0.1, -0.05) is 43.6 Å². The van der Waals surface area contributed by atoms with Gasteiger partial charge < -0.3 is 10.6 Å². The summed E-state index contributed by atoms with van der Waals surface area (Å²) in [6.07, 6.45) is 2.77. The molecule has 0 spiro atoms. The fraction of sp³-hybridized carbons (Fsp3) is 0.588. The summed E-state index contributed by atoms with van der Waals surface area (Å²) in [6.45, 7) is 5.71. The van der Waals surface area contributed by atoms with Gasteiger partial charge in [0.1, 0.15) is 0 Å². The fourth-order valence-corrected chi connectivity index (χ4v) is 2.93. The molecule has 2 N–H and O–H groups in total. The normalized spacial score (nSPS) is 21.1. The van der Waals surface area contributed by atoms with Gasteiger partial charge in [-0.3, -0.25) is 4.79 Å². The molecule has 0 unspecified atom stereocenters. The Morgan fingerprint density at radius 1 is 1.33 bits per heavy atom. The molecule has 21 heavy (non-hydrogen) atoms. The lowest BCUT2D eigenvalue weighted by Crippen LogP contribution is -2.41. The number of amides is 1. The molecule has 1 amide bonds. The smallest absolute Gasteiger partial charge is 0.221 e. The molecule has 0 aromatic heterocycles. The minimum atomic E-state index is 0.137. The Balaban J connectivity index is 1.61. The first-order valence-corrected chi connectivity index (χ1v) is 8.18. The van der Waals surface area contributed by atoms with Crippen LogP contribution in [0.1, 0.15) is 44.6 Å². The number of hydrogen-bond donors (Lipinski definition) is 2. The molecular formula is C17H25ClN2O. The Bertz CT molecular complexity index is 470. The number of benzene rings is 1. The van der Waals surface area contributed by atoms with E-state index < -0.39 is 0 Å². The van der Waals surface area contributed by atoms with E-state index in [1.165, 1.54) is 5.56 Å². The zero-order valence-corrected chi connectivity index (χ0v) is 13.6. The fourth-order valence-electron chi connectivity index (χ4n) is 2.64. The predicted molar refractivity (Wildman–Crippen MR) is 87.7 cm³/mol. The molecule has 1 aromatic rings. The molecule has 0 aliphatic heterocycles. The number of nitrogens with one attached hydrogen (secondary N) is 2. The highest BCUT2D eigenvalue weighted by Gasteiger charge is 2.30. The third kappa shape index (κ3) is 5.01. The predicted octanol–water partition coefficient (Wildman–Crippen LogP) is 3.34. The summed E-state index contributed by atoms with van der Waals surface area (Å²) >= 11 is 6.21. The molecular weight excluding hydrogens is 284 g/mol. The van der Waals surface area contributed by atoms with E-state index in [0.717, 1.165) is 31.0 Å². The molecule has 3 nitrogen and oxygen atoms in total. The van der Waals surface area contributed by atoms with E-state index in [9.17, 15) is 4.79 Å². The van der Waals surface area contributed by atoms with Gasteiger partial charge in [-0.15, -0.1) is 0 Å². The topological polar surface area (TPSA) is 41.1 Å². The van der Waals surface area contributed by atoms with Gasteiger partial charge in [0.15, 0.2) is 0 Å². The van der Waals surface area contributed by atoms with Crippen molar-refractivity contribution < 1.29 is 4.79 Å². The first kappa shape index (κ1) is 16.3. The number of hydrogen-bond acceptors (Lipinski definition) is 2. The van der Waals surface area contributed by atoms with Gasteiger partial charge >= 0.3 is 0 Å². The van der Waals surface area contributed by atoms with Crippen molar-refractivity contribution in [1.82, 2.24) is 10.6 Å². The SMILES string of the molecule is CC(C)CNC(=O)CCNC1CC(c2ccccc2Cl)C1. The summed E-state index contributed by atoms with van der Waals surface area (Å²) in [7, 11) is 0. The molecule has 0 heterocycles. The molecule has 1 aliphatic rings. The molecule has 0 bridgehead atoms. The average molecular weight is 309 g/mol. The Morgan fingerprint density at radius 3 is 2.71 bits per heavy atom. The van der Waals surface area contributed by atoms with E-state index in [1.807, 2.05) is 18.2 Å². The van der Waals surface area contributed by atoms with E-state index in [1.54, 1.807) is 0 Å². The zero-order valence-electron chi connectivity index (χ0n) is 12.9. The van der Waals surface area contributed by atoms with Gasteiger partial charge in [-0.2, -0.15) is 0 Å². The largest absolute Gasteiger partial charge is 0.356 e. The number of carbonyl (C=O) groups excluding carboxylic acids is 1. The summed E-state index contributed by atoms with van der Waals surface area (Å²) in [6, 6.07) is 8.60. The minimum Gasteiger partial charge on any atom is -0.356 e. The molecule has 0 radical (unpaired) electrons. The monoisotopic (exact) mass is 308 g/mol. The molecule has 116 valence electrons. The Kier molecular flexibility index (Phi) is 6.07. The molecule has 1 aliphatic carbocycles. The molecule has 2 rings (SSSR count). The molecule has 0 saturated heterocycles. The summed E-state index contributed by atoms with van der Waals surface area (Å²) in [5, 5.41) is 7.26. The van der Waals surface area contributed by atoms with E-state index in [0.29, 0.717) is 24.3 Å². The van der Waals surface area contributed by atoms with Crippen LogP contribution in [0.25, 0.3) is 0 Å². The van der Waals surface area contributed by atoms with Crippen molar-refractivity contribution >= 4 is 17.5 Å². The standard InChI is InChI=1S/C17H25ClN2O/c1-12(2)11-20-17(21)7-8-19-14-9-13(10-14)15-5-3-4-6-16(15)18/h3-6,12-14,19H,7-11H2,1-2H3,(H,20,21). The maximum Gasteiger partial charge on any atom is 0.221 e. The van der Waals surface area contributed by atoms with Crippen LogP contribution in [0.2, 0.25) is 5.02 Å². The summed E-state index contributed by atoms with van der Waals surface area (Å²) < 4.78 is 0. The van der Waals surface area contributed by atoms with E-state index in [2.05, 4.69) is 30.5 Å². The van der Waals surface area contributed by atoms with Crippen LogP contribution >= 0.6 is 11.6 Å². The van der Waals surface area contributed by atoms with Crippen LogP contribution in [-0.4, -0.2) is 25.0 Å². The number of carbonyl (C=O) groups is 1. The second-order valence-electron chi connectivity index (χ2n) is 6.29. The second-order valence-corrected chi connectivity index (χ2v) is 6.70. The Labute approximate surface area is 132 Å². The van der Waals surface area contributed by atoms with Gasteiger partial charge in [-0.05, 0) is 36.3 Å². The highest BCUT2D eigenvalue weighted by atomic mass is 35.5. The molecule has 0 atom stereocenters. The van der Waals surface area contributed by atoms with Crippen molar-refractivity contribution in [2.75, 3.05) is 13.1 Å². The maximum atomic E-state index is 11.6. The van der Waals surface area contributed by atoms with Crippen LogP contribution in [0.4, 0.5) is 0 Å². The van der Waals surface area contributed by atoms with Crippen molar-refractivity contribution in [3.05, 3.63) is 34.9 Å². The first-order valence-electron chi connectivity index (χ1n) is 7.80. The first-order chi connectivity index (χ1) is 10.1. The van der Waals surface area contributed by atoms with Crippen molar-refractivity contribution in [2.24, 2.45) is 5.92 Å². The zero-order chi connectivity index (χ0) is 15.2. The third-order valence-corrected chi connectivity index (χ3v) is 4.32. The number of halogens is 1. The van der Waals surface area contributed by atoms with Crippen LogP contribution in [0.3, 0.4) is 0 Å². The second kappa shape index (κ2) is 7.81. The van der Waals surface area contributed by atoms with Crippen molar-refractivity contribution in [3.8, 4) is 0 Å². The van der Waals surface area contributed by atoms with Gasteiger partial charge in [0.2, 0.25) is 5.91 Å². The Morgan fingerprint density at radius 2 is 2.05 bits per heavy atom. The average Bonchev–Trinajstić information content (AvgIpc) is 2.40.